The van der Waals surface area contributed by atoms with Gasteiger partial charge in [0.05, 0.1) is 16.7 Å². The van der Waals surface area contributed by atoms with E-state index in [0.717, 1.165) is 17.1 Å². The predicted octanol–water partition coefficient (Wildman–Crippen LogP) is 2.56. The van der Waals surface area contributed by atoms with Gasteiger partial charge in [-0.1, -0.05) is 6.07 Å². The molecule has 18 heavy (non-hydrogen) atoms. The van der Waals surface area contributed by atoms with Gasteiger partial charge in [-0.05, 0) is 18.4 Å². The van der Waals surface area contributed by atoms with Crippen LogP contribution in [-0.4, -0.2) is 21.4 Å². The number of carbonyl (C=O) groups excluding carboxylic acids is 1. The van der Waals surface area contributed by atoms with E-state index in [1.807, 2.05) is 20.0 Å². The second-order valence-corrected chi connectivity index (χ2v) is 6.30. The summed E-state index contributed by atoms with van der Waals surface area (Å²) in [6.45, 7) is 2.00. The zero-order valence-electron chi connectivity index (χ0n) is 10.1. The van der Waals surface area contributed by atoms with Crippen molar-refractivity contribution in [1.82, 2.24) is 9.78 Å². The molecule has 0 fully saturated rings. The number of nitrogens with one attached hydrogen (secondary N) is 1. The average Bonchev–Trinajstić information content (AvgIpc) is 2.88. The van der Waals surface area contributed by atoms with Crippen molar-refractivity contribution in [3.63, 3.8) is 0 Å². The van der Waals surface area contributed by atoms with Gasteiger partial charge in [-0.2, -0.15) is 5.10 Å². The quantitative estimate of drug-likeness (QED) is 0.872. The molecule has 0 saturated heterocycles. The number of thioether (sulfide) groups is 1. The molecule has 1 aliphatic rings. The highest BCUT2D eigenvalue weighted by Crippen LogP contribution is 2.44. The van der Waals surface area contributed by atoms with Gasteiger partial charge in [0.2, 0.25) is 5.91 Å². The zero-order chi connectivity index (χ0) is 12.7. The number of rotatable bonds is 1. The van der Waals surface area contributed by atoms with E-state index >= 15 is 0 Å². The van der Waals surface area contributed by atoms with E-state index in [9.17, 15) is 4.79 Å². The molecule has 1 aliphatic heterocycles. The second-order valence-electron chi connectivity index (χ2n) is 4.23. The van der Waals surface area contributed by atoms with Crippen LogP contribution in [0, 0.1) is 6.92 Å². The molecule has 0 radical (unpaired) electrons. The van der Waals surface area contributed by atoms with Gasteiger partial charge in [-0.15, -0.1) is 23.1 Å². The molecular weight excluding hydrogens is 266 g/mol. The van der Waals surface area contributed by atoms with E-state index in [4.69, 9.17) is 0 Å². The van der Waals surface area contributed by atoms with Gasteiger partial charge in [-0.25, -0.2) is 0 Å². The number of aryl methyl sites for hydroxylation is 2. The summed E-state index contributed by atoms with van der Waals surface area (Å²) in [5, 5.41) is 9.64. The molecule has 1 unspecified atom stereocenters. The Morgan fingerprint density at radius 3 is 3.11 bits per heavy atom. The van der Waals surface area contributed by atoms with Crippen LogP contribution in [0.15, 0.2) is 17.5 Å². The molecule has 3 heterocycles. The first-order valence-electron chi connectivity index (χ1n) is 5.65. The monoisotopic (exact) mass is 279 g/mol. The second kappa shape index (κ2) is 4.44. The number of anilines is 1. The number of fused-ring (bicyclic) bond motifs is 1. The largest absolute Gasteiger partial charge is 0.310 e. The molecule has 1 atom stereocenters. The van der Waals surface area contributed by atoms with Crippen molar-refractivity contribution in [2.45, 2.75) is 12.2 Å². The van der Waals surface area contributed by atoms with Crippen LogP contribution in [0.4, 0.5) is 5.82 Å². The van der Waals surface area contributed by atoms with E-state index in [1.54, 1.807) is 27.8 Å². The Kier molecular flexibility index (Phi) is 2.91. The lowest BCUT2D eigenvalue weighted by Crippen LogP contribution is -2.15. The fraction of sp³-hybridized carbons (Fsp3) is 0.333. The molecule has 2 aromatic heterocycles. The van der Waals surface area contributed by atoms with Crippen LogP contribution in [0.5, 0.6) is 0 Å². The number of nitrogens with zero attached hydrogens (tertiary/aromatic N) is 2. The molecule has 3 rings (SSSR count). The Morgan fingerprint density at radius 2 is 2.39 bits per heavy atom. The average molecular weight is 279 g/mol. The van der Waals surface area contributed by atoms with Gasteiger partial charge in [-0.3, -0.25) is 9.48 Å². The van der Waals surface area contributed by atoms with E-state index in [1.165, 1.54) is 4.88 Å². The normalized spacial score (nSPS) is 19.2. The molecule has 0 bridgehead atoms. The summed E-state index contributed by atoms with van der Waals surface area (Å²) in [7, 11) is 1.87. The summed E-state index contributed by atoms with van der Waals surface area (Å²) in [5.41, 5.74) is 2.12. The van der Waals surface area contributed by atoms with Crippen LogP contribution in [-0.2, 0) is 11.8 Å². The predicted molar refractivity (Wildman–Crippen MR) is 75.2 cm³/mol. The molecule has 4 nitrogen and oxygen atoms in total. The molecule has 1 N–H and O–H groups in total. The summed E-state index contributed by atoms with van der Waals surface area (Å²) in [6.07, 6.45) is 0. The topological polar surface area (TPSA) is 46.9 Å². The maximum Gasteiger partial charge on any atom is 0.235 e. The van der Waals surface area contributed by atoms with Crippen LogP contribution in [0.1, 0.15) is 21.4 Å². The number of aromatic nitrogens is 2. The van der Waals surface area contributed by atoms with Gasteiger partial charge < -0.3 is 5.32 Å². The Bertz CT molecular complexity index is 589. The van der Waals surface area contributed by atoms with Gasteiger partial charge in [0, 0.05) is 17.5 Å². The number of carbonyl (C=O) groups is 1. The Balaban J connectivity index is 2.15. The van der Waals surface area contributed by atoms with E-state index < -0.39 is 0 Å². The molecule has 1 amide bonds. The molecule has 0 aliphatic carbocycles. The summed E-state index contributed by atoms with van der Waals surface area (Å²) >= 11 is 3.39. The summed E-state index contributed by atoms with van der Waals surface area (Å²) < 4.78 is 1.76. The van der Waals surface area contributed by atoms with E-state index in [2.05, 4.69) is 21.9 Å². The Labute approximate surface area is 113 Å². The van der Waals surface area contributed by atoms with Crippen molar-refractivity contribution >= 4 is 34.8 Å². The van der Waals surface area contributed by atoms with Crippen molar-refractivity contribution in [3.05, 3.63) is 33.6 Å². The number of thiophene rings is 1. The third-order valence-corrected chi connectivity index (χ3v) is 5.31. The third-order valence-electron chi connectivity index (χ3n) is 2.97. The number of hydrogen-bond donors (Lipinski definition) is 1. The van der Waals surface area contributed by atoms with Crippen molar-refractivity contribution in [2.75, 3.05) is 11.1 Å². The van der Waals surface area contributed by atoms with Crippen molar-refractivity contribution < 1.29 is 4.79 Å². The smallest absolute Gasteiger partial charge is 0.235 e. The van der Waals surface area contributed by atoms with Gasteiger partial charge in [0.15, 0.2) is 0 Å². The first-order chi connectivity index (χ1) is 8.66. The third kappa shape index (κ3) is 1.85. The highest BCUT2D eigenvalue weighted by molar-refractivity contribution is 8.00. The van der Waals surface area contributed by atoms with E-state index in [-0.39, 0.29) is 11.2 Å². The first-order valence-corrected chi connectivity index (χ1v) is 7.58. The highest BCUT2D eigenvalue weighted by atomic mass is 32.2. The lowest BCUT2D eigenvalue weighted by molar-refractivity contribution is -0.113. The summed E-state index contributed by atoms with van der Waals surface area (Å²) in [4.78, 5) is 13.0. The zero-order valence-corrected chi connectivity index (χ0v) is 11.8. The maximum absolute atomic E-state index is 11.8. The molecule has 94 valence electrons. The van der Waals surface area contributed by atoms with Crippen LogP contribution in [0.25, 0.3) is 0 Å². The first kappa shape index (κ1) is 11.8. The summed E-state index contributed by atoms with van der Waals surface area (Å²) in [6, 6.07) is 4.17. The minimum Gasteiger partial charge on any atom is -0.310 e. The SMILES string of the molecule is Cc1nn(C)c2c1C(c1cccs1)SCC(=O)N2. The molecule has 2 aromatic rings. The van der Waals surface area contributed by atoms with E-state index in [0.29, 0.717) is 5.75 Å². The van der Waals surface area contributed by atoms with Gasteiger partial charge in [0.25, 0.3) is 0 Å². The number of hydrogen-bond acceptors (Lipinski definition) is 4. The minimum absolute atomic E-state index is 0.0447. The molecule has 0 aromatic carbocycles. The highest BCUT2D eigenvalue weighted by Gasteiger charge is 2.29. The van der Waals surface area contributed by atoms with Crippen LogP contribution in [0.3, 0.4) is 0 Å². The van der Waals surface area contributed by atoms with Crippen LogP contribution in [0.2, 0.25) is 0 Å². The lowest BCUT2D eigenvalue weighted by atomic mass is 10.1. The fourth-order valence-corrected chi connectivity index (χ4v) is 4.38. The molecular formula is C12H13N3OS2. The van der Waals surface area contributed by atoms with Gasteiger partial charge >= 0.3 is 0 Å². The van der Waals surface area contributed by atoms with Crippen LogP contribution < -0.4 is 5.32 Å². The number of amides is 1. The van der Waals surface area contributed by atoms with Crippen molar-refractivity contribution in [3.8, 4) is 0 Å². The molecule has 0 spiro atoms. The Hall–Kier alpha value is -1.27. The van der Waals surface area contributed by atoms with Gasteiger partial charge in [0.1, 0.15) is 5.82 Å². The molecule has 6 heteroatoms. The molecule has 0 saturated carbocycles. The summed E-state index contributed by atoms with van der Waals surface area (Å²) in [5.74, 6) is 1.36. The van der Waals surface area contributed by atoms with Crippen LogP contribution >= 0.6 is 23.1 Å². The lowest BCUT2D eigenvalue weighted by Gasteiger charge is -2.12. The maximum atomic E-state index is 11.8. The standard InChI is InChI=1S/C12H13N3OS2/c1-7-10-11(8-4-3-5-17-8)18-6-9(16)13-12(10)15(2)14-7/h3-5,11H,6H2,1-2H3,(H,13,16). The minimum atomic E-state index is 0.0447. The van der Waals surface area contributed by atoms with Crippen molar-refractivity contribution in [1.29, 1.82) is 0 Å². The Morgan fingerprint density at radius 1 is 1.56 bits per heavy atom. The van der Waals surface area contributed by atoms with Crippen molar-refractivity contribution in [2.24, 2.45) is 7.05 Å². The fourth-order valence-electron chi connectivity index (χ4n) is 2.21.